The van der Waals surface area contributed by atoms with Crippen LogP contribution in [0.1, 0.15) is 9.60 Å². The molecule has 11 rings (SSSR count). The van der Waals surface area contributed by atoms with Crippen LogP contribution in [0.3, 0.4) is 0 Å². The van der Waals surface area contributed by atoms with Crippen molar-refractivity contribution >= 4 is 43.6 Å². The third kappa shape index (κ3) is 5.26. The molecule has 0 unspecified atom stereocenters. The molecule has 56 heavy (non-hydrogen) atoms. The van der Waals surface area contributed by atoms with Crippen molar-refractivity contribution in [2.45, 2.75) is 0 Å². The first kappa shape index (κ1) is 25.6. The van der Waals surface area contributed by atoms with Gasteiger partial charge in [-0.3, -0.25) is 0 Å². The molecule has 0 saturated heterocycles. The van der Waals surface area contributed by atoms with Gasteiger partial charge in [0.2, 0.25) is 0 Å². The number of benzene rings is 9. The summed E-state index contributed by atoms with van der Waals surface area (Å²) in [5.41, 5.74) is 11.0. The molecule has 262 valence electrons. The van der Waals surface area contributed by atoms with Crippen LogP contribution in [0.25, 0.3) is 99.5 Å². The zero-order valence-electron chi connectivity index (χ0n) is 37.1. The molecule has 0 bridgehead atoms. The Hall–Kier alpha value is -7.42. The minimum absolute atomic E-state index is 0.0772. The van der Waals surface area contributed by atoms with Crippen LogP contribution in [0.5, 0.6) is 0 Å². The highest BCUT2D eigenvalue weighted by atomic mass is 15.0. The van der Waals surface area contributed by atoms with E-state index >= 15 is 0 Å². The predicted molar refractivity (Wildman–Crippen MR) is 237 cm³/mol. The Labute approximate surface area is 335 Å². The molecular weight excluding hydrogens is 677 g/mol. The van der Waals surface area contributed by atoms with E-state index < -0.39 is 12.1 Å². The number of hydrogen-bond acceptors (Lipinski definition) is 0. The van der Waals surface area contributed by atoms with Gasteiger partial charge in [-0.25, -0.2) is 0 Å². The first-order valence-corrected chi connectivity index (χ1v) is 18.7. The van der Waals surface area contributed by atoms with Gasteiger partial charge in [0.25, 0.3) is 0 Å². The highest BCUT2D eigenvalue weighted by Gasteiger charge is 2.18. The number of aromatic nitrogens is 2. The summed E-state index contributed by atoms with van der Waals surface area (Å²) in [6.07, 6.45) is 0. The molecular formula is C54H36N2. The standard InChI is InChI=1S/C54H36N2/c1-4-14-37(15-5-1)38-24-29-44(30-25-38)55-51-23-13-12-22-47(51)49-34-40(27-32-52(49)55)41-28-33-53-50(35-41)48-31-26-42(36-54(48)56(53)43-18-8-3-9-19-43)46-21-11-10-20-45(46)39-16-6-2-7-17-39/h1-36H/i12D,13D,22D,23D,27D,32D,34D. The Kier molecular flexibility index (Phi) is 6.01. The van der Waals surface area contributed by atoms with E-state index in [0.29, 0.717) is 11.3 Å². The Balaban J connectivity index is 1.15. The van der Waals surface area contributed by atoms with Crippen LogP contribution in [0.15, 0.2) is 218 Å². The second-order valence-electron chi connectivity index (χ2n) is 14.0. The Morgan fingerprint density at radius 2 is 0.875 bits per heavy atom. The fourth-order valence-corrected chi connectivity index (χ4v) is 8.15. The molecule has 0 saturated carbocycles. The van der Waals surface area contributed by atoms with E-state index in [1.165, 1.54) is 0 Å². The molecule has 2 aromatic heterocycles. The van der Waals surface area contributed by atoms with Crippen molar-refractivity contribution in [3.8, 4) is 55.9 Å². The van der Waals surface area contributed by atoms with Crippen LogP contribution in [0.2, 0.25) is 0 Å². The van der Waals surface area contributed by atoms with E-state index in [1.807, 2.05) is 109 Å². The first-order chi connectivity index (χ1) is 30.7. The van der Waals surface area contributed by atoms with Crippen LogP contribution in [0, 0.1) is 0 Å². The SMILES string of the molecule is [2H]c1c([2H])c([2H])c2c(c1[2H])c1c([2H])c(-c3ccc4c(c3)c3ccc(-c5ccccc5-c5ccccc5)cc3n4-c3ccccc3)c([2H])c([2H])c1n2-c1ccc(-c2ccccc2)cc1. The van der Waals surface area contributed by atoms with Crippen molar-refractivity contribution < 1.29 is 9.60 Å². The van der Waals surface area contributed by atoms with Crippen molar-refractivity contribution in [3.05, 3.63) is 218 Å². The average Bonchev–Trinajstić information content (AvgIpc) is 3.87. The van der Waals surface area contributed by atoms with Crippen molar-refractivity contribution in [1.29, 1.82) is 0 Å². The quantitative estimate of drug-likeness (QED) is 0.162. The molecule has 0 atom stereocenters. The van der Waals surface area contributed by atoms with Gasteiger partial charge in [-0.05, 0) is 105 Å². The lowest BCUT2D eigenvalue weighted by Crippen LogP contribution is -1.94. The number of fused-ring (bicyclic) bond motifs is 6. The molecule has 9 aromatic carbocycles. The molecule has 0 amide bonds. The van der Waals surface area contributed by atoms with E-state index in [-0.39, 0.29) is 57.6 Å². The first-order valence-electron chi connectivity index (χ1n) is 22.2. The monoisotopic (exact) mass is 719 g/mol. The Bertz CT molecular complexity index is 3620. The fraction of sp³-hybridized carbons (Fsp3) is 0. The summed E-state index contributed by atoms with van der Waals surface area (Å²) < 4.78 is 68.5. The van der Waals surface area contributed by atoms with E-state index in [9.17, 15) is 4.11 Å². The molecule has 2 nitrogen and oxygen atoms in total. The van der Waals surface area contributed by atoms with Gasteiger partial charge in [-0.1, -0.05) is 158 Å². The van der Waals surface area contributed by atoms with Gasteiger partial charge in [-0.2, -0.15) is 0 Å². The second kappa shape index (κ2) is 13.2. The topological polar surface area (TPSA) is 9.86 Å². The summed E-state index contributed by atoms with van der Waals surface area (Å²) in [4.78, 5) is 0. The maximum absolute atomic E-state index is 9.86. The van der Waals surface area contributed by atoms with Crippen LogP contribution in [-0.4, -0.2) is 9.13 Å². The van der Waals surface area contributed by atoms with Crippen molar-refractivity contribution in [3.63, 3.8) is 0 Å². The van der Waals surface area contributed by atoms with Gasteiger partial charge in [0.05, 0.1) is 31.7 Å². The number of hydrogen-bond donors (Lipinski definition) is 0. The minimum Gasteiger partial charge on any atom is -0.309 e. The van der Waals surface area contributed by atoms with Crippen molar-refractivity contribution in [2.24, 2.45) is 0 Å². The molecule has 0 fully saturated rings. The highest BCUT2D eigenvalue weighted by molar-refractivity contribution is 6.13. The second-order valence-corrected chi connectivity index (χ2v) is 14.0. The third-order valence-electron chi connectivity index (χ3n) is 10.8. The normalized spacial score (nSPS) is 13.3. The van der Waals surface area contributed by atoms with Crippen LogP contribution < -0.4 is 0 Å². The summed E-state index contributed by atoms with van der Waals surface area (Å²) in [6.45, 7) is 0. The van der Waals surface area contributed by atoms with Crippen molar-refractivity contribution in [2.75, 3.05) is 0 Å². The van der Waals surface area contributed by atoms with E-state index in [0.717, 1.165) is 60.9 Å². The van der Waals surface area contributed by atoms with Crippen molar-refractivity contribution in [1.82, 2.24) is 9.13 Å². The van der Waals surface area contributed by atoms with E-state index in [4.69, 9.17) is 5.48 Å². The summed E-state index contributed by atoms with van der Waals surface area (Å²) >= 11 is 0. The molecule has 0 aliphatic carbocycles. The molecule has 11 aromatic rings. The molecule has 2 heteroatoms. The maximum atomic E-state index is 9.86. The zero-order valence-corrected chi connectivity index (χ0v) is 30.1. The molecule has 2 heterocycles. The van der Waals surface area contributed by atoms with Crippen LogP contribution in [-0.2, 0) is 0 Å². The number of para-hydroxylation sites is 2. The Morgan fingerprint density at radius 3 is 1.64 bits per heavy atom. The third-order valence-corrected chi connectivity index (χ3v) is 10.8. The summed E-state index contributed by atoms with van der Waals surface area (Å²) in [5.74, 6) is 0. The van der Waals surface area contributed by atoms with Gasteiger partial charge in [0.1, 0.15) is 0 Å². The lowest BCUT2D eigenvalue weighted by molar-refractivity contribution is 1.18. The fourth-order valence-electron chi connectivity index (χ4n) is 8.15. The van der Waals surface area contributed by atoms with E-state index in [2.05, 4.69) is 71.3 Å². The summed E-state index contributed by atoms with van der Waals surface area (Å²) in [5, 5.41) is 2.23. The number of rotatable bonds is 6. The van der Waals surface area contributed by atoms with Gasteiger partial charge < -0.3 is 9.13 Å². The molecule has 0 N–H and O–H groups in total. The summed E-state index contributed by atoms with van der Waals surface area (Å²) in [7, 11) is 0. The molecule has 0 aliphatic rings. The maximum Gasteiger partial charge on any atom is 0.0645 e. The highest BCUT2D eigenvalue weighted by Crippen LogP contribution is 2.41. The zero-order chi connectivity index (χ0) is 43.1. The van der Waals surface area contributed by atoms with E-state index in [1.54, 1.807) is 4.57 Å². The molecule has 0 radical (unpaired) electrons. The lowest BCUT2D eigenvalue weighted by atomic mass is 9.94. The van der Waals surface area contributed by atoms with Gasteiger partial charge >= 0.3 is 0 Å². The van der Waals surface area contributed by atoms with Gasteiger partial charge in [-0.15, -0.1) is 0 Å². The Morgan fingerprint density at radius 1 is 0.304 bits per heavy atom. The van der Waals surface area contributed by atoms with Crippen LogP contribution >= 0.6 is 0 Å². The predicted octanol–water partition coefficient (Wildman–Crippen LogP) is 14.5. The largest absolute Gasteiger partial charge is 0.309 e. The number of nitrogens with zero attached hydrogens (tertiary/aromatic N) is 2. The smallest absolute Gasteiger partial charge is 0.0645 e. The average molecular weight is 720 g/mol. The molecule has 0 spiro atoms. The molecule has 0 aliphatic heterocycles. The van der Waals surface area contributed by atoms with Gasteiger partial charge in [0, 0.05) is 32.9 Å². The lowest BCUT2D eigenvalue weighted by Gasteiger charge is -2.12. The van der Waals surface area contributed by atoms with Gasteiger partial charge in [0.15, 0.2) is 0 Å². The summed E-state index contributed by atoms with van der Waals surface area (Å²) in [6, 6.07) is 57.0. The minimum atomic E-state index is -0.422. The van der Waals surface area contributed by atoms with Crippen LogP contribution in [0.4, 0.5) is 0 Å².